The minimum atomic E-state index is -0.443. The first kappa shape index (κ1) is 25.8. The monoisotopic (exact) mass is 512 g/mol. The number of ether oxygens (including phenoxy) is 2. The molecule has 198 valence electrons. The van der Waals surface area contributed by atoms with Gasteiger partial charge in [0, 0.05) is 37.5 Å². The van der Waals surface area contributed by atoms with E-state index in [2.05, 4.69) is 58.2 Å². The molecule has 1 amide bonds. The minimum absolute atomic E-state index is 0.0721. The molecule has 0 aliphatic heterocycles. The number of hydrogen-bond acceptors (Lipinski definition) is 5. The van der Waals surface area contributed by atoms with Crippen LogP contribution in [0.2, 0.25) is 0 Å². The van der Waals surface area contributed by atoms with Crippen molar-refractivity contribution in [2.45, 2.75) is 32.2 Å². The lowest BCUT2D eigenvalue weighted by Gasteiger charge is -2.30. The van der Waals surface area contributed by atoms with Gasteiger partial charge < -0.3 is 19.3 Å². The molecular formula is C32H36N2O4. The van der Waals surface area contributed by atoms with Crippen molar-refractivity contribution in [3.05, 3.63) is 78.4 Å². The van der Waals surface area contributed by atoms with Gasteiger partial charge in [-0.2, -0.15) is 0 Å². The van der Waals surface area contributed by atoms with Gasteiger partial charge in [-0.15, -0.1) is 0 Å². The second-order valence-corrected chi connectivity index (χ2v) is 10.7. The molecular weight excluding hydrogens is 476 g/mol. The predicted molar refractivity (Wildman–Crippen MR) is 150 cm³/mol. The summed E-state index contributed by atoms with van der Waals surface area (Å²) < 4.78 is 10.3. The first-order valence-electron chi connectivity index (χ1n) is 13.4. The van der Waals surface area contributed by atoms with E-state index in [1.165, 1.54) is 20.0 Å². The second kappa shape index (κ2) is 11.3. The molecule has 0 radical (unpaired) electrons. The molecule has 2 saturated carbocycles. The zero-order valence-electron chi connectivity index (χ0n) is 22.4. The number of esters is 1. The number of methoxy groups -OCH3 is 1. The molecule has 3 unspecified atom stereocenters. The number of carbonyl (C=O) groups is 2. The van der Waals surface area contributed by atoms with E-state index in [0.29, 0.717) is 24.1 Å². The Hall–Kier alpha value is -3.80. The van der Waals surface area contributed by atoms with Crippen LogP contribution in [0.1, 0.15) is 31.2 Å². The van der Waals surface area contributed by atoms with Crippen LogP contribution in [0.3, 0.4) is 0 Å². The first-order chi connectivity index (χ1) is 18.4. The lowest BCUT2D eigenvalue weighted by molar-refractivity contribution is -0.142. The van der Waals surface area contributed by atoms with Gasteiger partial charge in [-0.1, -0.05) is 48.9 Å². The van der Waals surface area contributed by atoms with E-state index in [-0.39, 0.29) is 18.4 Å². The van der Waals surface area contributed by atoms with Crippen LogP contribution in [0, 0.1) is 17.8 Å². The fourth-order valence-electron chi connectivity index (χ4n) is 5.92. The molecule has 3 aromatic carbocycles. The molecule has 2 fully saturated rings. The molecule has 5 rings (SSSR count). The van der Waals surface area contributed by atoms with E-state index in [0.717, 1.165) is 40.9 Å². The number of fused-ring (bicyclic) bond motifs is 2. The molecule has 0 heterocycles. The van der Waals surface area contributed by atoms with Crippen LogP contribution in [-0.2, 0) is 20.9 Å². The van der Waals surface area contributed by atoms with Gasteiger partial charge in [0.05, 0.1) is 13.7 Å². The Balaban J connectivity index is 1.37. The first-order valence-corrected chi connectivity index (χ1v) is 13.4. The van der Waals surface area contributed by atoms with Crippen molar-refractivity contribution in [3.8, 4) is 16.9 Å². The normalized spacial score (nSPS) is 19.7. The third kappa shape index (κ3) is 5.69. The molecule has 2 aliphatic carbocycles. The summed E-state index contributed by atoms with van der Waals surface area (Å²) >= 11 is 0. The smallest absolute Gasteiger partial charge is 0.343 e. The van der Waals surface area contributed by atoms with Crippen LogP contribution in [0.4, 0.5) is 11.4 Å². The zero-order valence-corrected chi connectivity index (χ0v) is 22.4. The lowest BCUT2D eigenvalue weighted by Crippen LogP contribution is -2.38. The number of hydrogen-bond donors (Lipinski definition) is 0. The topological polar surface area (TPSA) is 59.1 Å². The number of amides is 1. The molecule has 38 heavy (non-hydrogen) atoms. The Bertz CT molecular complexity index is 1270. The van der Waals surface area contributed by atoms with Crippen LogP contribution in [0.25, 0.3) is 11.1 Å². The Labute approximate surface area is 225 Å². The summed E-state index contributed by atoms with van der Waals surface area (Å²) in [5.41, 5.74) is 5.31. The largest absolute Gasteiger partial charge is 0.482 e. The highest BCUT2D eigenvalue weighted by Gasteiger charge is 2.44. The molecule has 6 nitrogen and oxygen atoms in total. The third-order valence-electron chi connectivity index (χ3n) is 8.05. The maximum Gasteiger partial charge on any atom is 0.343 e. The van der Waals surface area contributed by atoms with E-state index < -0.39 is 5.97 Å². The Morgan fingerprint density at radius 2 is 1.58 bits per heavy atom. The predicted octanol–water partition coefficient (Wildman–Crippen LogP) is 5.94. The number of anilines is 2. The van der Waals surface area contributed by atoms with Gasteiger partial charge in [-0.3, -0.25) is 4.79 Å². The van der Waals surface area contributed by atoms with E-state index in [4.69, 9.17) is 4.74 Å². The van der Waals surface area contributed by atoms with Crippen LogP contribution < -0.4 is 14.5 Å². The summed E-state index contributed by atoms with van der Waals surface area (Å²) in [6.45, 7) is 0.310. The minimum Gasteiger partial charge on any atom is -0.482 e. The van der Waals surface area contributed by atoms with Crippen molar-refractivity contribution in [1.29, 1.82) is 0 Å². The quantitative estimate of drug-likeness (QED) is 0.332. The summed E-state index contributed by atoms with van der Waals surface area (Å²) in [6.07, 6.45) is 4.56. The summed E-state index contributed by atoms with van der Waals surface area (Å²) in [6, 6.07) is 24.4. The number of benzene rings is 3. The van der Waals surface area contributed by atoms with Crippen molar-refractivity contribution < 1.29 is 19.1 Å². The van der Waals surface area contributed by atoms with Crippen molar-refractivity contribution in [2.75, 3.05) is 37.6 Å². The average molecular weight is 513 g/mol. The SMILES string of the molecule is COC(=O)COc1cccc(N(Cc2ccc(-c3ccc(N(C)C)cc3)cc2)C(=O)C2CC3CCC2C3)c1. The molecule has 3 aromatic rings. The van der Waals surface area contributed by atoms with Crippen LogP contribution >= 0.6 is 0 Å². The van der Waals surface area contributed by atoms with Crippen LogP contribution in [0.15, 0.2) is 72.8 Å². The van der Waals surface area contributed by atoms with Crippen molar-refractivity contribution in [3.63, 3.8) is 0 Å². The van der Waals surface area contributed by atoms with Gasteiger partial charge in [0.1, 0.15) is 5.75 Å². The van der Waals surface area contributed by atoms with Gasteiger partial charge >= 0.3 is 5.97 Å². The summed E-state index contributed by atoms with van der Waals surface area (Å²) in [4.78, 5) is 29.5. The molecule has 0 spiro atoms. The summed E-state index contributed by atoms with van der Waals surface area (Å²) in [5, 5.41) is 0. The van der Waals surface area contributed by atoms with Gasteiger partial charge in [-0.25, -0.2) is 4.79 Å². The van der Waals surface area contributed by atoms with E-state index in [1.807, 2.05) is 37.2 Å². The molecule has 0 N–H and O–H groups in total. The molecule has 2 bridgehead atoms. The number of rotatable bonds is 9. The summed E-state index contributed by atoms with van der Waals surface area (Å²) in [5.74, 6) is 1.52. The zero-order chi connectivity index (χ0) is 26.6. The second-order valence-electron chi connectivity index (χ2n) is 10.7. The summed E-state index contributed by atoms with van der Waals surface area (Å²) in [7, 11) is 5.41. The van der Waals surface area contributed by atoms with E-state index >= 15 is 0 Å². The van der Waals surface area contributed by atoms with Gasteiger partial charge in [0.15, 0.2) is 6.61 Å². The molecule has 6 heteroatoms. The molecule has 0 saturated heterocycles. The van der Waals surface area contributed by atoms with Crippen molar-refractivity contribution in [2.24, 2.45) is 17.8 Å². The van der Waals surface area contributed by atoms with E-state index in [1.54, 1.807) is 6.07 Å². The van der Waals surface area contributed by atoms with Gasteiger partial charge in [0.2, 0.25) is 5.91 Å². The molecule has 3 atom stereocenters. The number of nitrogens with zero attached hydrogens (tertiary/aromatic N) is 2. The average Bonchev–Trinajstić information content (AvgIpc) is 3.59. The van der Waals surface area contributed by atoms with Crippen LogP contribution in [0.5, 0.6) is 5.75 Å². The highest BCUT2D eigenvalue weighted by Crippen LogP contribution is 2.49. The Kier molecular flexibility index (Phi) is 7.68. The van der Waals surface area contributed by atoms with E-state index in [9.17, 15) is 9.59 Å². The fourth-order valence-corrected chi connectivity index (χ4v) is 5.92. The highest BCUT2D eigenvalue weighted by atomic mass is 16.6. The highest BCUT2D eigenvalue weighted by molar-refractivity contribution is 5.95. The standard InChI is InChI=1S/C32H36N2O4/c1-33(2)27-15-13-25(14-16-27)24-10-7-22(8-11-24)20-34(32(36)30-18-23-9-12-26(30)17-23)28-5-4-6-29(19-28)38-21-31(35)37-3/h4-8,10-11,13-16,19,23,26,30H,9,12,17-18,20-21H2,1-3H3. The lowest BCUT2D eigenvalue weighted by atomic mass is 9.87. The van der Waals surface area contributed by atoms with Crippen molar-refractivity contribution >= 4 is 23.3 Å². The van der Waals surface area contributed by atoms with Crippen molar-refractivity contribution in [1.82, 2.24) is 0 Å². The molecule has 2 aliphatic rings. The van der Waals surface area contributed by atoms with Gasteiger partial charge in [0.25, 0.3) is 0 Å². The van der Waals surface area contributed by atoms with Gasteiger partial charge in [-0.05, 0) is 72.1 Å². The third-order valence-corrected chi connectivity index (χ3v) is 8.05. The maximum atomic E-state index is 13.9. The maximum absolute atomic E-state index is 13.9. The molecule has 0 aromatic heterocycles. The Morgan fingerprint density at radius 3 is 2.18 bits per heavy atom. The Morgan fingerprint density at radius 1 is 0.868 bits per heavy atom. The number of carbonyl (C=O) groups excluding carboxylic acids is 2. The van der Waals surface area contributed by atoms with Crippen LogP contribution in [-0.4, -0.2) is 39.7 Å². The fraction of sp³-hybridized carbons (Fsp3) is 0.375.